The predicted molar refractivity (Wildman–Crippen MR) is 115 cm³/mol. The minimum Gasteiger partial charge on any atom is -0.351 e. The first kappa shape index (κ1) is 21.1. The summed E-state index contributed by atoms with van der Waals surface area (Å²) in [6, 6.07) is 18.4. The molecule has 0 saturated carbocycles. The molecule has 0 aromatic heterocycles. The van der Waals surface area contributed by atoms with Gasteiger partial charge >= 0.3 is 0 Å². The number of hydrogen-bond donors (Lipinski definition) is 1. The number of benzene rings is 2. The van der Waals surface area contributed by atoms with E-state index in [9.17, 15) is 9.59 Å². The molecular formula is C24H31N3O2. The fourth-order valence-electron chi connectivity index (χ4n) is 3.56. The van der Waals surface area contributed by atoms with Gasteiger partial charge in [0, 0.05) is 39.1 Å². The van der Waals surface area contributed by atoms with Crippen LogP contribution in [-0.2, 0) is 29.0 Å². The summed E-state index contributed by atoms with van der Waals surface area (Å²) in [6.45, 7) is 5.96. The van der Waals surface area contributed by atoms with Gasteiger partial charge in [0.25, 0.3) is 0 Å². The predicted octanol–water partition coefficient (Wildman–Crippen LogP) is 2.64. The van der Waals surface area contributed by atoms with Gasteiger partial charge in [0.2, 0.25) is 11.8 Å². The minimum atomic E-state index is 0.0316. The average molecular weight is 394 g/mol. The van der Waals surface area contributed by atoms with E-state index < -0.39 is 0 Å². The summed E-state index contributed by atoms with van der Waals surface area (Å²) in [7, 11) is 0. The molecule has 5 heteroatoms. The number of piperazine rings is 1. The normalized spacial score (nSPS) is 14.6. The van der Waals surface area contributed by atoms with Gasteiger partial charge in [-0.2, -0.15) is 0 Å². The number of carbonyl (C=O) groups excluding carboxylic acids is 2. The molecule has 0 atom stereocenters. The lowest BCUT2D eigenvalue weighted by Gasteiger charge is -2.34. The maximum absolute atomic E-state index is 12.5. The molecule has 1 fully saturated rings. The van der Waals surface area contributed by atoms with Crippen molar-refractivity contribution in [2.24, 2.45) is 0 Å². The van der Waals surface area contributed by atoms with Gasteiger partial charge in [0.1, 0.15) is 0 Å². The van der Waals surface area contributed by atoms with Crippen LogP contribution in [0.4, 0.5) is 0 Å². The highest BCUT2D eigenvalue weighted by atomic mass is 16.2. The van der Waals surface area contributed by atoms with E-state index in [1.165, 1.54) is 11.1 Å². The fraction of sp³-hybridized carbons (Fsp3) is 0.417. The van der Waals surface area contributed by atoms with E-state index in [-0.39, 0.29) is 11.8 Å². The third-order valence-electron chi connectivity index (χ3n) is 5.48. The summed E-state index contributed by atoms with van der Waals surface area (Å²) < 4.78 is 0. The molecule has 0 bridgehead atoms. The van der Waals surface area contributed by atoms with Crippen LogP contribution in [0.1, 0.15) is 30.0 Å². The van der Waals surface area contributed by atoms with Crippen LogP contribution in [0, 0.1) is 0 Å². The molecule has 2 amide bonds. The number of carbonyl (C=O) groups is 2. The Kier molecular flexibility index (Phi) is 7.82. The second-order valence-electron chi connectivity index (χ2n) is 7.59. The molecule has 1 aliphatic rings. The van der Waals surface area contributed by atoms with Crippen LogP contribution in [0.15, 0.2) is 54.6 Å². The molecule has 0 spiro atoms. The van der Waals surface area contributed by atoms with Crippen LogP contribution in [0.5, 0.6) is 0 Å². The molecule has 0 unspecified atom stereocenters. The third kappa shape index (κ3) is 6.71. The largest absolute Gasteiger partial charge is 0.351 e. The number of nitrogens with one attached hydrogen (secondary N) is 1. The quantitative estimate of drug-likeness (QED) is 0.750. The Morgan fingerprint density at radius 2 is 1.52 bits per heavy atom. The Balaban J connectivity index is 1.34. The average Bonchev–Trinajstić information content (AvgIpc) is 2.77. The first-order valence-electron chi connectivity index (χ1n) is 10.5. The molecule has 154 valence electrons. The van der Waals surface area contributed by atoms with Gasteiger partial charge in [-0.3, -0.25) is 14.5 Å². The molecule has 5 nitrogen and oxygen atoms in total. The molecule has 3 rings (SSSR count). The van der Waals surface area contributed by atoms with Crippen LogP contribution in [0.25, 0.3) is 0 Å². The zero-order chi connectivity index (χ0) is 20.5. The van der Waals surface area contributed by atoms with Crippen molar-refractivity contribution < 1.29 is 9.59 Å². The number of nitrogens with zero attached hydrogens (tertiary/aromatic N) is 2. The minimum absolute atomic E-state index is 0.0316. The summed E-state index contributed by atoms with van der Waals surface area (Å²) in [5.74, 6) is 0.238. The van der Waals surface area contributed by atoms with Crippen molar-refractivity contribution in [1.29, 1.82) is 0 Å². The maximum atomic E-state index is 12.5. The van der Waals surface area contributed by atoms with Crippen LogP contribution in [0.2, 0.25) is 0 Å². The zero-order valence-electron chi connectivity index (χ0n) is 17.3. The monoisotopic (exact) mass is 393 g/mol. The smallest absolute Gasteiger partial charge is 0.234 e. The molecule has 1 aliphatic heterocycles. The van der Waals surface area contributed by atoms with Crippen molar-refractivity contribution >= 4 is 11.8 Å². The van der Waals surface area contributed by atoms with E-state index >= 15 is 0 Å². The van der Waals surface area contributed by atoms with Crippen LogP contribution >= 0.6 is 0 Å². The summed E-state index contributed by atoms with van der Waals surface area (Å²) in [5.41, 5.74) is 3.63. The fourth-order valence-corrected chi connectivity index (χ4v) is 3.56. The van der Waals surface area contributed by atoms with E-state index in [0.717, 1.165) is 31.5 Å². The van der Waals surface area contributed by atoms with Crippen LogP contribution < -0.4 is 5.32 Å². The highest BCUT2D eigenvalue weighted by Gasteiger charge is 2.22. The number of aryl methyl sites for hydroxylation is 2. The third-order valence-corrected chi connectivity index (χ3v) is 5.48. The molecule has 1 N–H and O–H groups in total. The molecule has 0 aliphatic carbocycles. The SMILES string of the molecule is CCc1ccc(CCC(=O)N2CCN(CC(=O)NCc3ccccc3)CC2)cc1. The van der Waals surface area contributed by atoms with Gasteiger partial charge in [-0.25, -0.2) is 0 Å². The van der Waals surface area contributed by atoms with Crippen molar-refractivity contribution in [2.75, 3.05) is 32.7 Å². The molecule has 2 aromatic rings. The second-order valence-corrected chi connectivity index (χ2v) is 7.59. The molecule has 1 saturated heterocycles. The highest BCUT2D eigenvalue weighted by Crippen LogP contribution is 2.10. The van der Waals surface area contributed by atoms with Gasteiger partial charge in [-0.15, -0.1) is 0 Å². The summed E-state index contributed by atoms with van der Waals surface area (Å²) in [4.78, 5) is 28.7. The van der Waals surface area contributed by atoms with Gasteiger partial charge < -0.3 is 10.2 Å². The number of rotatable bonds is 8. The Bertz CT molecular complexity index is 782. The summed E-state index contributed by atoms with van der Waals surface area (Å²) >= 11 is 0. The van der Waals surface area contributed by atoms with Gasteiger partial charge in [0.15, 0.2) is 0 Å². The molecule has 1 heterocycles. The van der Waals surface area contributed by atoms with Crippen molar-refractivity contribution in [3.63, 3.8) is 0 Å². The number of amides is 2. The summed E-state index contributed by atoms with van der Waals surface area (Å²) in [6.07, 6.45) is 2.36. The van der Waals surface area contributed by atoms with Crippen LogP contribution in [-0.4, -0.2) is 54.3 Å². The standard InChI is InChI=1S/C24H31N3O2/c1-2-20-8-10-21(11-9-20)12-13-24(29)27-16-14-26(15-17-27)19-23(28)25-18-22-6-4-3-5-7-22/h3-11H,2,12-19H2,1H3,(H,25,28). The lowest BCUT2D eigenvalue weighted by molar-refractivity contribution is -0.133. The zero-order valence-corrected chi connectivity index (χ0v) is 17.3. The Morgan fingerprint density at radius 1 is 0.862 bits per heavy atom. The van der Waals surface area contributed by atoms with Crippen molar-refractivity contribution in [3.05, 3.63) is 71.3 Å². The lowest BCUT2D eigenvalue weighted by atomic mass is 10.1. The van der Waals surface area contributed by atoms with E-state index in [0.29, 0.717) is 32.6 Å². The number of hydrogen-bond acceptors (Lipinski definition) is 3. The van der Waals surface area contributed by atoms with E-state index in [1.54, 1.807) is 0 Å². The van der Waals surface area contributed by atoms with Crippen LogP contribution in [0.3, 0.4) is 0 Å². The van der Waals surface area contributed by atoms with E-state index in [2.05, 4.69) is 41.4 Å². The van der Waals surface area contributed by atoms with E-state index in [4.69, 9.17) is 0 Å². The maximum Gasteiger partial charge on any atom is 0.234 e. The molecular weight excluding hydrogens is 362 g/mol. The Morgan fingerprint density at radius 3 is 2.17 bits per heavy atom. The first-order chi connectivity index (χ1) is 14.1. The van der Waals surface area contributed by atoms with Gasteiger partial charge in [-0.1, -0.05) is 61.5 Å². The lowest BCUT2D eigenvalue weighted by Crippen LogP contribution is -2.51. The topological polar surface area (TPSA) is 52.7 Å². The second kappa shape index (κ2) is 10.8. The molecule has 29 heavy (non-hydrogen) atoms. The molecule has 2 aromatic carbocycles. The van der Waals surface area contributed by atoms with E-state index in [1.807, 2.05) is 35.2 Å². The van der Waals surface area contributed by atoms with Crippen molar-refractivity contribution in [3.8, 4) is 0 Å². The highest BCUT2D eigenvalue weighted by molar-refractivity contribution is 5.78. The van der Waals surface area contributed by atoms with Crippen molar-refractivity contribution in [1.82, 2.24) is 15.1 Å². The van der Waals surface area contributed by atoms with Gasteiger partial charge in [0.05, 0.1) is 6.54 Å². The Hall–Kier alpha value is -2.66. The first-order valence-corrected chi connectivity index (χ1v) is 10.5. The van der Waals surface area contributed by atoms with Gasteiger partial charge in [-0.05, 0) is 29.5 Å². The van der Waals surface area contributed by atoms with Crippen molar-refractivity contribution in [2.45, 2.75) is 32.7 Å². The summed E-state index contributed by atoms with van der Waals surface area (Å²) in [5, 5.41) is 2.97. The molecule has 0 radical (unpaired) electrons. The Labute approximate surface area is 173 Å².